The quantitative estimate of drug-likeness (QED) is 0.422. The molecule has 0 atom stereocenters. The van der Waals surface area contributed by atoms with E-state index < -0.39 is 5.79 Å². The topological polar surface area (TPSA) is 80.5 Å². The van der Waals surface area contributed by atoms with Crippen molar-refractivity contribution in [3.8, 4) is 0 Å². The Morgan fingerprint density at radius 3 is 2.20 bits per heavy atom. The summed E-state index contributed by atoms with van der Waals surface area (Å²) in [5.41, 5.74) is 1.79. The van der Waals surface area contributed by atoms with Crippen molar-refractivity contribution in [2.24, 2.45) is 0 Å². The minimum Gasteiger partial charge on any atom is -0.412 e. The summed E-state index contributed by atoms with van der Waals surface area (Å²) < 4.78 is 0. The molecule has 0 bridgehead atoms. The zero-order valence-electron chi connectivity index (χ0n) is 13.6. The van der Waals surface area contributed by atoms with Gasteiger partial charge in [-0.2, -0.15) is 0 Å². The van der Waals surface area contributed by atoms with Crippen LogP contribution in [-0.2, 0) is 0 Å². The zero-order valence-corrected chi connectivity index (χ0v) is 17.5. The van der Waals surface area contributed by atoms with Gasteiger partial charge < -0.3 is 10.8 Å². The molecule has 0 saturated heterocycles. The van der Waals surface area contributed by atoms with Crippen LogP contribution in [-0.4, -0.2) is 41.1 Å². The van der Waals surface area contributed by atoms with Crippen LogP contribution in [0.25, 0.3) is 10.9 Å². The molecular weight excluding hydrogens is 429 g/mol. The molecule has 25 heavy (non-hydrogen) atoms. The van der Waals surface area contributed by atoms with E-state index in [0.717, 1.165) is 16.6 Å². The van der Waals surface area contributed by atoms with E-state index in [4.69, 9.17) is 34.8 Å². The van der Waals surface area contributed by atoms with Crippen LogP contribution in [0.3, 0.4) is 0 Å². The highest BCUT2D eigenvalue weighted by atomic mass is 35.5. The van der Waals surface area contributed by atoms with Crippen molar-refractivity contribution in [2.75, 3.05) is 30.2 Å². The maximum absolute atomic E-state index is 6.03. The lowest BCUT2D eigenvalue weighted by Gasteiger charge is -2.34. The first-order chi connectivity index (χ1) is 10.6. The number of nitrogens with zero attached hydrogens (tertiary/aromatic N) is 1. The van der Waals surface area contributed by atoms with E-state index in [-0.39, 0.29) is 30.3 Å². The number of rotatable bonds is 8. The summed E-state index contributed by atoms with van der Waals surface area (Å²) in [6, 6.07) is 7.58. The lowest BCUT2D eigenvalue weighted by Crippen LogP contribution is -2.61. The molecule has 2 aromatic rings. The minimum absolute atomic E-state index is 0. The highest BCUT2D eigenvalue weighted by Crippen LogP contribution is 2.25. The SMILES string of the molecule is CC(NCCCl)(NCCCl)Nc1ccnc2cc(Cl)ccc12.Cl.Cl.O. The molecule has 2 rings (SSSR count). The summed E-state index contributed by atoms with van der Waals surface area (Å²) in [6.45, 7) is 3.33. The van der Waals surface area contributed by atoms with Gasteiger partial charge in [0.1, 0.15) is 5.79 Å². The fourth-order valence-corrected chi connectivity index (χ4v) is 2.60. The van der Waals surface area contributed by atoms with Crippen LogP contribution < -0.4 is 16.0 Å². The average Bonchev–Trinajstić information content (AvgIpc) is 2.51. The predicted octanol–water partition coefficient (Wildman–Crippen LogP) is 3.65. The summed E-state index contributed by atoms with van der Waals surface area (Å²) >= 11 is 17.6. The van der Waals surface area contributed by atoms with Crippen LogP contribution in [0.1, 0.15) is 6.92 Å². The molecule has 144 valence electrons. The molecule has 0 aliphatic carbocycles. The van der Waals surface area contributed by atoms with E-state index in [1.54, 1.807) is 6.20 Å². The van der Waals surface area contributed by atoms with Crippen molar-refractivity contribution in [1.29, 1.82) is 0 Å². The maximum Gasteiger partial charge on any atom is 0.140 e. The number of pyridine rings is 1. The van der Waals surface area contributed by atoms with Gasteiger partial charge in [-0.25, -0.2) is 0 Å². The Kier molecular flexibility index (Phi) is 14.0. The summed E-state index contributed by atoms with van der Waals surface area (Å²) in [4.78, 5) is 4.35. The number of hydrogen-bond acceptors (Lipinski definition) is 4. The number of hydrogen-bond donors (Lipinski definition) is 3. The lowest BCUT2D eigenvalue weighted by atomic mass is 10.1. The molecule has 0 spiro atoms. The predicted molar refractivity (Wildman–Crippen MR) is 114 cm³/mol. The van der Waals surface area contributed by atoms with Crippen molar-refractivity contribution in [3.63, 3.8) is 0 Å². The standard InChI is InChI=1S/C15H19Cl3N4.2ClH.H2O/c1-15(20-8-5-16,21-9-6-17)22-13-4-7-19-14-10-11(18)2-3-12(13)14;;;/h2-4,7,10,20-21H,5-6,8-9H2,1H3,(H,19,22);2*1H;1H2. The Morgan fingerprint density at radius 2 is 1.64 bits per heavy atom. The van der Waals surface area contributed by atoms with Crippen LogP contribution >= 0.6 is 59.6 Å². The molecule has 0 unspecified atom stereocenters. The van der Waals surface area contributed by atoms with Gasteiger partial charge in [0, 0.05) is 47.1 Å². The van der Waals surface area contributed by atoms with Gasteiger partial charge in [-0.3, -0.25) is 15.6 Å². The third-order valence-electron chi connectivity index (χ3n) is 3.24. The van der Waals surface area contributed by atoms with E-state index in [2.05, 4.69) is 20.9 Å². The van der Waals surface area contributed by atoms with Gasteiger partial charge in [0.05, 0.1) is 5.52 Å². The molecule has 0 fully saturated rings. The lowest BCUT2D eigenvalue weighted by molar-refractivity contribution is 0.339. The molecule has 1 aromatic carbocycles. The van der Waals surface area contributed by atoms with Gasteiger partial charge in [-0.05, 0) is 31.2 Å². The number of aromatic nitrogens is 1. The maximum atomic E-state index is 6.03. The summed E-state index contributed by atoms with van der Waals surface area (Å²) in [6.07, 6.45) is 1.75. The van der Waals surface area contributed by atoms with Crippen LogP contribution in [0.15, 0.2) is 30.5 Å². The van der Waals surface area contributed by atoms with Gasteiger partial charge >= 0.3 is 0 Å². The molecule has 5 nitrogen and oxygen atoms in total. The van der Waals surface area contributed by atoms with Crippen LogP contribution in [0, 0.1) is 0 Å². The summed E-state index contributed by atoms with van der Waals surface area (Å²) in [5.74, 6) is 0.511. The van der Waals surface area contributed by atoms with Crippen LogP contribution in [0.4, 0.5) is 5.69 Å². The first-order valence-electron chi connectivity index (χ1n) is 7.02. The van der Waals surface area contributed by atoms with Gasteiger partial charge in [0.2, 0.25) is 0 Å². The van der Waals surface area contributed by atoms with Crippen LogP contribution in [0.5, 0.6) is 0 Å². The molecular formula is C15H23Cl5N4O. The Labute approximate surface area is 175 Å². The molecule has 0 amide bonds. The molecule has 5 N–H and O–H groups in total. The minimum atomic E-state index is -0.530. The summed E-state index contributed by atoms with van der Waals surface area (Å²) in [7, 11) is 0. The second-order valence-electron chi connectivity index (χ2n) is 5.00. The summed E-state index contributed by atoms with van der Waals surface area (Å²) in [5, 5.41) is 11.8. The Balaban J connectivity index is 0. The number of alkyl halides is 2. The van der Waals surface area contributed by atoms with E-state index in [1.807, 2.05) is 31.2 Å². The molecule has 0 radical (unpaired) electrons. The van der Waals surface area contributed by atoms with Gasteiger partial charge in [-0.15, -0.1) is 48.0 Å². The van der Waals surface area contributed by atoms with E-state index in [0.29, 0.717) is 29.9 Å². The first kappa shape index (κ1) is 27.0. The molecule has 0 saturated carbocycles. The van der Waals surface area contributed by atoms with Crippen molar-refractivity contribution in [1.82, 2.24) is 15.6 Å². The normalized spacial score (nSPS) is 10.4. The second kappa shape index (κ2) is 13.0. The van der Waals surface area contributed by atoms with Gasteiger partial charge in [0.25, 0.3) is 0 Å². The monoisotopic (exact) mass is 450 g/mol. The van der Waals surface area contributed by atoms with Crippen molar-refractivity contribution >= 4 is 76.2 Å². The molecule has 10 heteroatoms. The van der Waals surface area contributed by atoms with Crippen molar-refractivity contribution in [3.05, 3.63) is 35.5 Å². The Hall–Kier alpha value is -0.240. The van der Waals surface area contributed by atoms with E-state index >= 15 is 0 Å². The second-order valence-corrected chi connectivity index (χ2v) is 6.19. The third kappa shape index (κ3) is 7.89. The highest BCUT2D eigenvalue weighted by molar-refractivity contribution is 6.31. The molecule has 1 aromatic heterocycles. The number of fused-ring (bicyclic) bond motifs is 1. The van der Waals surface area contributed by atoms with Gasteiger partial charge in [-0.1, -0.05) is 11.6 Å². The van der Waals surface area contributed by atoms with E-state index in [1.165, 1.54) is 0 Å². The fraction of sp³-hybridized carbons (Fsp3) is 0.400. The number of anilines is 1. The molecule has 1 heterocycles. The highest BCUT2D eigenvalue weighted by Gasteiger charge is 2.22. The Morgan fingerprint density at radius 1 is 1.04 bits per heavy atom. The number of nitrogens with one attached hydrogen (secondary N) is 3. The smallest absolute Gasteiger partial charge is 0.140 e. The molecule has 0 aliphatic rings. The third-order valence-corrected chi connectivity index (χ3v) is 3.85. The van der Waals surface area contributed by atoms with Crippen LogP contribution in [0.2, 0.25) is 5.02 Å². The average molecular weight is 453 g/mol. The Bertz CT molecular complexity index is 624. The first-order valence-corrected chi connectivity index (χ1v) is 8.47. The van der Waals surface area contributed by atoms with Crippen molar-refractivity contribution in [2.45, 2.75) is 12.7 Å². The largest absolute Gasteiger partial charge is 0.412 e. The van der Waals surface area contributed by atoms with Gasteiger partial charge in [0.15, 0.2) is 0 Å². The number of halogens is 5. The fourth-order valence-electron chi connectivity index (χ4n) is 2.24. The van der Waals surface area contributed by atoms with Crippen molar-refractivity contribution < 1.29 is 5.48 Å². The zero-order chi connectivity index (χ0) is 16.0. The van der Waals surface area contributed by atoms with E-state index in [9.17, 15) is 0 Å². The molecule has 0 aliphatic heterocycles. The number of benzene rings is 1.